The van der Waals surface area contributed by atoms with Crippen molar-refractivity contribution in [3.63, 3.8) is 0 Å². The third kappa shape index (κ3) is 3.91. The molecule has 0 atom stereocenters. The van der Waals surface area contributed by atoms with Crippen LogP contribution in [0.4, 0.5) is 5.69 Å². The van der Waals surface area contributed by atoms with E-state index in [9.17, 15) is 4.79 Å². The van der Waals surface area contributed by atoms with Crippen molar-refractivity contribution in [3.05, 3.63) is 65.9 Å². The van der Waals surface area contributed by atoms with E-state index in [1.165, 1.54) is 12.8 Å². The van der Waals surface area contributed by atoms with Crippen molar-refractivity contribution in [3.8, 4) is 0 Å². The molecule has 0 unspecified atom stereocenters. The Morgan fingerprint density at radius 3 is 2.76 bits per heavy atom. The number of aryl methyl sites for hydroxylation is 1. The molecule has 0 bridgehead atoms. The van der Waals surface area contributed by atoms with E-state index in [4.69, 9.17) is 5.73 Å². The van der Waals surface area contributed by atoms with Crippen LogP contribution < -0.4 is 11.1 Å². The van der Waals surface area contributed by atoms with Gasteiger partial charge in [-0.15, -0.1) is 0 Å². The number of hydrogen-bond donors (Lipinski definition) is 2. The van der Waals surface area contributed by atoms with Gasteiger partial charge in [0.2, 0.25) is 0 Å². The van der Waals surface area contributed by atoms with Crippen molar-refractivity contribution in [2.24, 2.45) is 5.73 Å². The fourth-order valence-electron chi connectivity index (χ4n) is 3.12. The lowest BCUT2D eigenvalue weighted by molar-refractivity contribution is 0.102. The van der Waals surface area contributed by atoms with Crippen LogP contribution in [0.5, 0.6) is 0 Å². The van der Waals surface area contributed by atoms with Crippen LogP contribution in [-0.2, 0) is 13.1 Å². The number of hydrogen-bond acceptors (Lipinski definition) is 2. The predicted octanol–water partition coefficient (Wildman–Crippen LogP) is 4.54. The molecule has 0 aliphatic rings. The van der Waals surface area contributed by atoms with Gasteiger partial charge in [-0.05, 0) is 30.2 Å². The largest absolute Gasteiger partial charge is 0.347 e. The molecule has 3 N–H and O–H groups in total. The number of amides is 1. The summed E-state index contributed by atoms with van der Waals surface area (Å²) in [4.78, 5) is 12.8. The summed E-state index contributed by atoms with van der Waals surface area (Å²) in [6.45, 7) is 3.59. The Balaban J connectivity index is 1.87. The molecule has 0 aliphatic heterocycles. The van der Waals surface area contributed by atoms with Crippen LogP contribution in [0.2, 0.25) is 0 Å². The molecule has 0 radical (unpaired) electrons. The number of carbonyl (C=O) groups is 1. The molecule has 4 heteroatoms. The smallest absolute Gasteiger partial charge is 0.257 e. The molecule has 4 nitrogen and oxygen atoms in total. The van der Waals surface area contributed by atoms with E-state index in [0.717, 1.165) is 35.1 Å². The number of benzene rings is 2. The maximum absolute atomic E-state index is 12.8. The van der Waals surface area contributed by atoms with Gasteiger partial charge in [0.1, 0.15) is 0 Å². The molecule has 1 amide bonds. The van der Waals surface area contributed by atoms with Gasteiger partial charge in [0.15, 0.2) is 0 Å². The Morgan fingerprint density at radius 1 is 1.12 bits per heavy atom. The predicted molar refractivity (Wildman–Crippen MR) is 104 cm³/mol. The van der Waals surface area contributed by atoms with Crippen molar-refractivity contribution >= 4 is 22.5 Å². The summed E-state index contributed by atoms with van der Waals surface area (Å²) in [7, 11) is 0. The van der Waals surface area contributed by atoms with Gasteiger partial charge in [0.25, 0.3) is 5.91 Å². The average Bonchev–Trinajstić information content (AvgIpc) is 3.01. The molecule has 3 rings (SSSR count). The summed E-state index contributed by atoms with van der Waals surface area (Å²) in [6, 6.07) is 15.7. The minimum absolute atomic E-state index is 0.0837. The zero-order chi connectivity index (χ0) is 17.6. The Bertz CT molecular complexity index is 866. The minimum atomic E-state index is -0.0837. The number of fused-ring (bicyclic) bond motifs is 1. The van der Waals surface area contributed by atoms with Crippen LogP contribution in [0.1, 0.15) is 42.1 Å². The fourth-order valence-corrected chi connectivity index (χ4v) is 3.12. The van der Waals surface area contributed by atoms with Gasteiger partial charge in [-0.25, -0.2) is 0 Å². The summed E-state index contributed by atoms with van der Waals surface area (Å²) in [5.41, 5.74) is 9.28. The number of nitrogens with zero attached hydrogens (tertiary/aromatic N) is 1. The first-order valence-electron chi connectivity index (χ1n) is 8.91. The van der Waals surface area contributed by atoms with Gasteiger partial charge in [-0.2, -0.15) is 0 Å². The zero-order valence-corrected chi connectivity index (χ0v) is 14.7. The normalized spacial score (nSPS) is 11.0. The third-order valence-corrected chi connectivity index (χ3v) is 4.46. The van der Waals surface area contributed by atoms with Gasteiger partial charge in [0.05, 0.1) is 5.56 Å². The maximum atomic E-state index is 12.8. The standard InChI is InChI=1S/C21H25N3O/c1-2-3-6-12-24-15-19(18-10-4-5-11-20(18)24)21(25)23-17-9-7-8-16(13-17)14-22/h4-5,7-11,13,15H,2-3,6,12,14,22H2,1H3,(H,23,25). The highest BCUT2D eigenvalue weighted by Gasteiger charge is 2.15. The lowest BCUT2D eigenvalue weighted by Gasteiger charge is -2.06. The molecule has 2 aromatic carbocycles. The SMILES string of the molecule is CCCCCn1cc(C(=O)Nc2cccc(CN)c2)c2ccccc21. The Morgan fingerprint density at radius 2 is 1.96 bits per heavy atom. The Labute approximate surface area is 148 Å². The van der Waals surface area contributed by atoms with E-state index in [-0.39, 0.29) is 5.91 Å². The lowest BCUT2D eigenvalue weighted by atomic mass is 10.1. The number of carbonyl (C=O) groups excluding carboxylic acids is 1. The van der Waals surface area contributed by atoms with Gasteiger partial charge in [-0.3, -0.25) is 4.79 Å². The van der Waals surface area contributed by atoms with E-state index in [2.05, 4.69) is 22.9 Å². The number of anilines is 1. The highest BCUT2D eigenvalue weighted by Crippen LogP contribution is 2.23. The summed E-state index contributed by atoms with van der Waals surface area (Å²) >= 11 is 0. The number of unbranched alkanes of at least 4 members (excludes halogenated alkanes) is 2. The van der Waals surface area contributed by atoms with Crippen LogP contribution in [0.25, 0.3) is 10.9 Å². The average molecular weight is 335 g/mol. The highest BCUT2D eigenvalue weighted by atomic mass is 16.1. The molecule has 25 heavy (non-hydrogen) atoms. The van der Waals surface area contributed by atoms with Gasteiger partial charge in [0, 0.05) is 35.9 Å². The molecule has 0 saturated carbocycles. The van der Waals surface area contributed by atoms with Crippen LogP contribution >= 0.6 is 0 Å². The molecule has 1 aromatic heterocycles. The summed E-state index contributed by atoms with van der Waals surface area (Å²) < 4.78 is 2.19. The van der Waals surface area contributed by atoms with Crippen LogP contribution in [-0.4, -0.2) is 10.5 Å². The second-order valence-electron chi connectivity index (χ2n) is 6.32. The van der Waals surface area contributed by atoms with Crippen molar-refractivity contribution < 1.29 is 4.79 Å². The topological polar surface area (TPSA) is 60.0 Å². The Kier molecular flexibility index (Phi) is 5.51. The van der Waals surface area contributed by atoms with E-state index >= 15 is 0 Å². The first kappa shape index (κ1) is 17.2. The summed E-state index contributed by atoms with van der Waals surface area (Å²) in [6.07, 6.45) is 5.47. The van der Waals surface area contributed by atoms with Crippen molar-refractivity contribution in [2.75, 3.05) is 5.32 Å². The van der Waals surface area contributed by atoms with Crippen molar-refractivity contribution in [1.82, 2.24) is 4.57 Å². The monoisotopic (exact) mass is 335 g/mol. The van der Waals surface area contributed by atoms with E-state index in [1.54, 1.807) is 0 Å². The number of rotatable bonds is 7. The van der Waals surface area contributed by atoms with Crippen molar-refractivity contribution in [1.29, 1.82) is 0 Å². The number of nitrogens with two attached hydrogens (primary N) is 1. The van der Waals surface area contributed by atoms with Crippen LogP contribution in [0.15, 0.2) is 54.7 Å². The quantitative estimate of drug-likeness (QED) is 0.623. The maximum Gasteiger partial charge on any atom is 0.257 e. The Hall–Kier alpha value is -2.59. The number of nitrogens with one attached hydrogen (secondary N) is 1. The summed E-state index contributed by atoms with van der Waals surface area (Å²) in [5.74, 6) is -0.0837. The van der Waals surface area contributed by atoms with E-state index < -0.39 is 0 Å². The van der Waals surface area contributed by atoms with Crippen LogP contribution in [0, 0.1) is 0 Å². The lowest BCUT2D eigenvalue weighted by Crippen LogP contribution is -2.12. The molecule has 0 spiro atoms. The first-order valence-corrected chi connectivity index (χ1v) is 8.91. The van der Waals surface area contributed by atoms with Gasteiger partial charge in [-0.1, -0.05) is 50.1 Å². The molecule has 0 saturated heterocycles. The van der Waals surface area contributed by atoms with Crippen molar-refractivity contribution in [2.45, 2.75) is 39.3 Å². The van der Waals surface area contributed by atoms with E-state index in [0.29, 0.717) is 12.1 Å². The molecule has 130 valence electrons. The number of para-hydroxylation sites is 1. The fraction of sp³-hybridized carbons (Fsp3) is 0.286. The van der Waals surface area contributed by atoms with Gasteiger partial charge >= 0.3 is 0 Å². The van der Waals surface area contributed by atoms with Crippen LogP contribution in [0.3, 0.4) is 0 Å². The third-order valence-electron chi connectivity index (χ3n) is 4.46. The van der Waals surface area contributed by atoms with E-state index in [1.807, 2.05) is 48.7 Å². The first-order chi connectivity index (χ1) is 12.2. The number of aromatic nitrogens is 1. The second kappa shape index (κ2) is 7.99. The molecular formula is C21H25N3O. The molecule has 0 aliphatic carbocycles. The zero-order valence-electron chi connectivity index (χ0n) is 14.7. The summed E-state index contributed by atoms with van der Waals surface area (Å²) in [5, 5.41) is 3.99. The highest BCUT2D eigenvalue weighted by molar-refractivity contribution is 6.13. The molecule has 0 fully saturated rings. The second-order valence-corrected chi connectivity index (χ2v) is 6.32. The molecular weight excluding hydrogens is 310 g/mol. The molecule has 3 aromatic rings. The molecule has 1 heterocycles. The van der Waals surface area contributed by atoms with Gasteiger partial charge < -0.3 is 15.6 Å². The minimum Gasteiger partial charge on any atom is -0.347 e.